The SMILES string of the molecule is [CH2-]C(C)CN(C)C.[Li+]. The maximum absolute atomic E-state index is 3.84. The van der Waals surface area contributed by atoms with Crippen molar-refractivity contribution in [2.45, 2.75) is 6.92 Å². The third kappa shape index (κ3) is 9.75. The predicted molar refractivity (Wildman–Crippen MR) is 33.1 cm³/mol. The largest absolute Gasteiger partial charge is 1.00 e. The summed E-state index contributed by atoms with van der Waals surface area (Å²) in [5.41, 5.74) is 0. The second-order valence-corrected chi connectivity index (χ2v) is 2.37. The second-order valence-electron chi connectivity index (χ2n) is 2.37. The molecule has 1 nitrogen and oxygen atoms in total. The summed E-state index contributed by atoms with van der Waals surface area (Å²) in [6.45, 7) is 7.03. The van der Waals surface area contributed by atoms with Crippen molar-refractivity contribution in [1.82, 2.24) is 4.90 Å². The van der Waals surface area contributed by atoms with Gasteiger partial charge >= 0.3 is 18.9 Å². The summed E-state index contributed by atoms with van der Waals surface area (Å²) in [6.07, 6.45) is 0. The molecule has 0 heterocycles. The number of rotatable bonds is 2. The Kier molecular flexibility index (Phi) is 8.08. The first-order valence-electron chi connectivity index (χ1n) is 2.60. The molecule has 1 unspecified atom stereocenters. The van der Waals surface area contributed by atoms with Gasteiger partial charge in [0.25, 0.3) is 0 Å². The Labute approximate surface area is 64.6 Å². The summed E-state index contributed by atoms with van der Waals surface area (Å²) >= 11 is 0. The maximum Gasteiger partial charge on any atom is 1.00 e. The molecular weight excluding hydrogens is 93.0 g/mol. The number of hydrogen-bond acceptors (Lipinski definition) is 1. The van der Waals surface area contributed by atoms with Crippen molar-refractivity contribution in [2.24, 2.45) is 5.92 Å². The van der Waals surface area contributed by atoms with Gasteiger partial charge in [0.1, 0.15) is 0 Å². The van der Waals surface area contributed by atoms with Crippen LogP contribution in [0.15, 0.2) is 0 Å². The van der Waals surface area contributed by atoms with Crippen LogP contribution in [0.3, 0.4) is 0 Å². The van der Waals surface area contributed by atoms with E-state index in [0.717, 1.165) is 6.54 Å². The van der Waals surface area contributed by atoms with E-state index in [9.17, 15) is 0 Å². The molecule has 0 radical (unpaired) electrons. The monoisotopic (exact) mass is 107 g/mol. The van der Waals surface area contributed by atoms with Gasteiger partial charge in [-0.2, -0.15) is 5.92 Å². The van der Waals surface area contributed by atoms with Crippen LogP contribution in [0.1, 0.15) is 6.92 Å². The van der Waals surface area contributed by atoms with Gasteiger partial charge in [0.15, 0.2) is 0 Å². The van der Waals surface area contributed by atoms with Crippen LogP contribution in [-0.2, 0) is 0 Å². The van der Waals surface area contributed by atoms with E-state index in [1.165, 1.54) is 0 Å². The van der Waals surface area contributed by atoms with Gasteiger partial charge in [-0.1, -0.05) is 6.92 Å². The van der Waals surface area contributed by atoms with Crippen LogP contribution in [0, 0.1) is 12.8 Å². The molecule has 2 heteroatoms. The molecule has 0 saturated heterocycles. The molecule has 1 atom stereocenters. The minimum Gasteiger partial charge on any atom is -0.339 e. The molecular formula is C6H14LiN. The zero-order valence-corrected chi connectivity index (χ0v) is 6.44. The molecule has 0 aliphatic heterocycles. The summed E-state index contributed by atoms with van der Waals surface area (Å²) in [4.78, 5) is 2.14. The number of hydrogen-bond donors (Lipinski definition) is 0. The van der Waals surface area contributed by atoms with E-state index in [2.05, 4.69) is 32.8 Å². The molecule has 0 spiro atoms. The van der Waals surface area contributed by atoms with E-state index in [1.807, 2.05) is 0 Å². The Balaban J connectivity index is 0. The van der Waals surface area contributed by atoms with E-state index in [-0.39, 0.29) is 18.9 Å². The van der Waals surface area contributed by atoms with Crippen molar-refractivity contribution >= 4 is 0 Å². The Hall–Kier alpha value is 0.557. The molecule has 0 amide bonds. The van der Waals surface area contributed by atoms with Crippen molar-refractivity contribution in [1.29, 1.82) is 0 Å². The maximum atomic E-state index is 3.84. The van der Waals surface area contributed by atoms with Gasteiger partial charge in [-0.25, -0.2) is 0 Å². The normalized spacial score (nSPS) is 13.1. The molecule has 0 bridgehead atoms. The molecule has 8 heavy (non-hydrogen) atoms. The molecule has 0 aliphatic carbocycles. The first-order chi connectivity index (χ1) is 3.13. The van der Waals surface area contributed by atoms with Crippen molar-refractivity contribution in [3.63, 3.8) is 0 Å². The van der Waals surface area contributed by atoms with Crippen LogP contribution in [0.5, 0.6) is 0 Å². The van der Waals surface area contributed by atoms with Crippen LogP contribution < -0.4 is 18.9 Å². The van der Waals surface area contributed by atoms with E-state index in [1.54, 1.807) is 0 Å². The zero-order valence-electron chi connectivity index (χ0n) is 6.44. The van der Waals surface area contributed by atoms with Crippen molar-refractivity contribution in [3.05, 3.63) is 6.92 Å². The van der Waals surface area contributed by atoms with Crippen LogP contribution in [0.25, 0.3) is 0 Å². The average molecular weight is 107 g/mol. The second kappa shape index (κ2) is 5.69. The molecule has 0 aliphatic rings. The third-order valence-electron chi connectivity index (χ3n) is 0.677. The van der Waals surface area contributed by atoms with Gasteiger partial charge in [-0.15, -0.1) is 0 Å². The van der Waals surface area contributed by atoms with Gasteiger partial charge < -0.3 is 11.8 Å². The standard InChI is InChI=1S/C6H14N.Li/c1-6(2)5-7(3)4;/h6H,1,5H2,2-4H3;/q-1;+1. The average Bonchev–Trinajstić information content (AvgIpc) is 1.27. The molecule has 0 N–H and O–H groups in total. The predicted octanol–water partition coefficient (Wildman–Crippen LogP) is -1.98. The van der Waals surface area contributed by atoms with Crippen LogP contribution in [0.4, 0.5) is 0 Å². The molecule has 0 fully saturated rings. The van der Waals surface area contributed by atoms with Crippen LogP contribution >= 0.6 is 0 Å². The Morgan fingerprint density at radius 3 is 1.88 bits per heavy atom. The summed E-state index contributed by atoms with van der Waals surface area (Å²) in [6, 6.07) is 0. The Morgan fingerprint density at radius 2 is 1.88 bits per heavy atom. The Bertz CT molecular complexity index is 37.8. The van der Waals surface area contributed by atoms with Gasteiger partial charge in [-0.05, 0) is 20.6 Å². The van der Waals surface area contributed by atoms with Gasteiger partial charge in [0.2, 0.25) is 0 Å². The minimum atomic E-state index is 0. The smallest absolute Gasteiger partial charge is 0.339 e. The third-order valence-corrected chi connectivity index (χ3v) is 0.677. The number of nitrogens with zero attached hydrogens (tertiary/aromatic N) is 1. The molecule has 0 aromatic rings. The van der Waals surface area contributed by atoms with Crippen molar-refractivity contribution < 1.29 is 18.9 Å². The zero-order chi connectivity index (χ0) is 5.86. The minimum absolute atomic E-state index is 0. The fraction of sp³-hybridized carbons (Fsp3) is 0.833. The first kappa shape index (κ1) is 11.4. The van der Waals surface area contributed by atoms with Gasteiger partial charge in [0, 0.05) is 0 Å². The molecule has 0 aromatic heterocycles. The first-order valence-corrected chi connectivity index (χ1v) is 2.60. The summed E-state index contributed by atoms with van der Waals surface area (Å²) in [7, 11) is 4.11. The molecule has 0 rings (SSSR count). The van der Waals surface area contributed by atoms with E-state index in [4.69, 9.17) is 0 Å². The van der Waals surface area contributed by atoms with Crippen molar-refractivity contribution in [3.8, 4) is 0 Å². The fourth-order valence-corrected chi connectivity index (χ4v) is 0.623. The molecule has 0 aromatic carbocycles. The van der Waals surface area contributed by atoms with Crippen molar-refractivity contribution in [2.75, 3.05) is 20.6 Å². The van der Waals surface area contributed by atoms with Crippen LogP contribution in [-0.4, -0.2) is 25.5 Å². The quantitative estimate of drug-likeness (QED) is 0.292. The van der Waals surface area contributed by atoms with E-state index >= 15 is 0 Å². The summed E-state index contributed by atoms with van der Waals surface area (Å²) in [5.74, 6) is 0.551. The molecule has 0 saturated carbocycles. The van der Waals surface area contributed by atoms with E-state index < -0.39 is 0 Å². The van der Waals surface area contributed by atoms with Crippen LogP contribution in [0.2, 0.25) is 0 Å². The summed E-state index contributed by atoms with van der Waals surface area (Å²) in [5, 5.41) is 0. The topological polar surface area (TPSA) is 3.24 Å². The van der Waals surface area contributed by atoms with Gasteiger partial charge in [0.05, 0.1) is 0 Å². The fourth-order valence-electron chi connectivity index (χ4n) is 0.623. The Morgan fingerprint density at radius 1 is 1.50 bits per heavy atom. The van der Waals surface area contributed by atoms with E-state index in [0.29, 0.717) is 5.92 Å². The molecule has 44 valence electrons. The summed E-state index contributed by atoms with van der Waals surface area (Å²) < 4.78 is 0. The van der Waals surface area contributed by atoms with Gasteiger partial charge in [-0.3, -0.25) is 0 Å².